The zero-order valence-corrected chi connectivity index (χ0v) is 12.5. The van der Waals surface area contributed by atoms with Gasteiger partial charge in [0.05, 0.1) is 6.42 Å². The molecule has 0 atom stereocenters. The van der Waals surface area contributed by atoms with Crippen LogP contribution in [0.25, 0.3) is 0 Å². The summed E-state index contributed by atoms with van der Waals surface area (Å²) in [4.78, 5) is 30.8. The Bertz CT molecular complexity index is 543. The zero-order chi connectivity index (χ0) is 14.7. The number of hydrogen-bond donors (Lipinski definition) is 2. The van der Waals surface area contributed by atoms with E-state index in [0.717, 1.165) is 31.6 Å². The molecule has 2 rings (SSSR count). The lowest BCUT2D eigenvalue weighted by Crippen LogP contribution is -2.39. The van der Waals surface area contributed by atoms with Crippen LogP contribution in [0.3, 0.4) is 0 Å². The molecule has 0 aliphatic heterocycles. The monoisotopic (exact) mass is 277 g/mol. The van der Waals surface area contributed by atoms with Crippen molar-refractivity contribution in [2.45, 2.75) is 58.9 Å². The molecule has 1 heterocycles. The topological polar surface area (TPSA) is 74.8 Å². The minimum Gasteiger partial charge on any atom is -0.353 e. The van der Waals surface area contributed by atoms with Crippen molar-refractivity contribution >= 4 is 5.91 Å². The molecule has 20 heavy (non-hydrogen) atoms. The highest BCUT2D eigenvalue weighted by atomic mass is 16.2. The van der Waals surface area contributed by atoms with Crippen LogP contribution in [0, 0.1) is 19.8 Å². The van der Waals surface area contributed by atoms with Gasteiger partial charge in [-0.25, -0.2) is 4.98 Å². The molecule has 1 aromatic heterocycles. The van der Waals surface area contributed by atoms with Gasteiger partial charge >= 0.3 is 0 Å². The van der Waals surface area contributed by atoms with Crippen LogP contribution >= 0.6 is 0 Å². The molecule has 0 bridgehead atoms. The number of H-pyrrole nitrogens is 1. The summed E-state index contributed by atoms with van der Waals surface area (Å²) in [5.41, 5.74) is 0.901. The van der Waals surface area contributed by atoms with E-state index in [0.29, 0.717) is 17.1 Å². The molecule has 0 spiro atoms. The van der Waals surface area contributed by atoms with Gasteiger partial charge in [0.1, 0.15) is 5.82 Å². The van der Waals surface area contributed by atoms with E-state index in [-0.39, 0.29) is 23.9 Å². The number of nitrogens with one attached hydrogen (secondary N) is 2. The maximum absolute atomic E-state index is 12.1. The van der Waals surface area contributed by atoms with Crippen LogP contribution in [-0.2, 0) is 11.2 Å². The van der Waals surface area contributed by atoms with Crippen LogP contribution in [0.4, 0.5) is 0 Å². The van der Waals surface area contributed by atoms with E-state index in [1.54, 1.807) is 13.8 Å². The Morgan fingerprint density at radius 3 is 2.55 bits per heavy atom. The van der Waals surface area contributed by atoms with E-state index in [9.17, 15) is 9.59 Å². The highest BCUT2D eigenvalue weighted by molar-refractivity contribution is 5.79. The first-order chi connectivity index (χ1) is 9.45. The molecule has 5 heteroatoms. The minimum atomic E-state index is -0.206. The lowest BCUT2D eigenvalue weighted by Gasteiger charge is -2.26. The van der Waals surface area contributed by atoms with E-state index < -0.39 is 0 Å². The third kappa shape index (κ3) is 3.68. The summed E-state index contributed by atoms with van der Waals surface area (Å²) < 4.78 is 0. The fourth-order valence-electron chi connectivity index (χ4n) is 2.80. The summed E-state index contributed by atoms with van der Waals surface area (Å²) in [5.74, 6) is 1.26. The normalized spacial score (nSPS) is 22.6. The summed E-state index contributed by atoms with van der Waals surface area (Å²) in [6.45, 7) is 5.76. The molecular formula is C15H23N3O2. The lowest BCUT2D eigenvalue weighted by atomic mass is 9.87. The first kappa shape index (κ1) is 14.8. The molecule has 1 aromatic rings. The van der Waals surface area contributed by atoms with Crippen molar-refractivity contribution in [3.63, 3.8) is 0 Å². The molecule has 1 saturated carbocycles. The van der Waals surface area contributed by atoms with Gasteiger partial charge in [0, 0.05) is 17.3 Å². The van der Waals surface area contributed by atoms with Crippen molar-refractivity contribution in [3.8, 4) is 0 Å². The van der Waals surface area contributed by atoms with E-state index in [1.807, 2.05) is 0 Å². The van der Waals surface area contributed by atoms with Gasteiger partial charge in [0.2, 0.25) is 5.91 Å². The van der Waals surface area contributed by atoms with Crippen LogP contribution in [-0.4, -0.2) is 21.9 Å². The Labute approximate surface area is 119 Å². The largest absolute Gasteiger partial charge is 0.353 e. The number of aryl methyl sites for hydroxylation is 2. The van der Waals surface area contributed by atoms with Gasteiger partial charge in [-0.15, -0.1) is 0 Å². The Kier molecular flexibility index (Phi) is 4.57. The minimum absolute atomic E-state index is 0.0798. The van der Waals surface area contributed by atoms with Crippen molar-refractivity contribution < 1.29 is 4.79 Å². The number of carbonyl (C=O) groups is 1. The lowest BCUT2D eigenvalue weighted by molar-refractivity contribution is -0.121. The molecular weight excluding hydrogens is 254 g/mol. The average Bonchev–Trinajstić information content (AvgIpc) is 2.36. The summed E-state index contributed by atoms with van der Waals surface area (Å²) >= 11 is 0. The fraction of sp³-hybridized carbons (Fsp3) is 0.667. The number of carbonyl (C=O) groups excluding carboxylic acids is 1. The summed E-state index contributed by atoms with van der Waals surface area (Å²) in [6.07, 6.45) is 4.51. The summed E-state index contributed by atoms with van der Waals surface area (Å²) in [5, 5.41) is 3.04. The number of aromatic amines is 1. The van der Waals surface area contributed by atoms with Crippen LogP contribution in [0.15, 0.2) is 4.79 Å². The predicted octanol–water partition coefficient (Wildman–Crippen LogP) is 1.62. The quantitative estimate of drug-likeness (QED) is 0.881. The summed E-state index contributed by atoms with van der Waals surface area (Å²) in [6, 6.07) is 0.261. The van der Waals surface area contributed by atoms with Gasteiger partial charge in [-0.2, -0.15) is 0 Å². The highest BCUT2D eigenvalue weighted by Gasteiger charge is 2.20. The summed E-state index contributed by atoms with van der Waals surface area (Å²) in [7, 11) is 0. The maximum atomic E-state index is 12.1. The van der Waals surface area contributed by atoms with Crippen molar-refractivity contribution in [2.24, 2.45) is 5.92 Å². The first-order valence-electron chi connectivity index (χ1n) is 7.31. The van der Waals surface area contributed by atoms with Gasteiger partial charge in [-0.3, -0.25) is 9.59 Å². The third-order valence-electron chi connectivity index (χ3n) is 4.06. The molecule has 1 aliphatic rings. The predicted molar refractivity (Wildman–Crippen MR) is 77.6 cm³/mol. The van der Waals surface area contributed by atoms with E-state index >= 15 is 0 Å². The molecule has 0 radical (unpaired) electrons. The van der Waals surface area contributed by atoms with Crippen molar-refractivity contribution in [2.75, 3.05) is 0 Å². The van der Waals surface area contributed by atoms with Crippen molar-refractivity contribution in [1.82, 2.24) is 15.3 Å². The van der Waals surface area contributed by atoms with Crippen LogP contribution in [0.1, 0.15) is 49.7 Å². The van der Waals surface area contributed by atoms with Gasteiger partial charge < -0.3 is 10.3 Å². The SMILES string of the molecule is Cc1nc(C)c(CC(=O)NC2CCC(C)CC2)c(=O)[nH]1. The van der Waals surface area contributed by atoms with Gasteiger partial charge in [-0.05, 0) is 45.4 Å². The molecule has 1 amide bonds. The van der Waals surface area contributed by atoms with Crippen LogP contribution in [0.2, 0.25) is 0 Å². The number of hydrogen-bond acceptors (Lipinski definition) is 3. The van der Waals surface area contributed by atoms with Crippen molar-refractivity contribution in [3.05, 3.63) is 27.4 Å². The van der Waals surface area contributed by atoms with Crippen LogP contribution in [0.5, 0.6) is 0 Å². The van der Waals surface area contributed by atoms with Crippen LogP contribution < -0.4 is 10.9 Å². The number of amides is 1. The number of aromatic nitrogens is 2. The standard InChI is InChI=1S/C15H23N3O2/c1-9-4-6-12(7-5-9)18-14(19)8-13-10(2)16-11(3)17-15(13)20/h9,12H,4-8H2,1-3H3,(H,18,19)(H,16,17,20). The molecule has 110 valence electrons. The average molecular weight is 277 g/mol. The molecule has 2 N–H and O–H groups in total. The van der Waals surface area contributed by atoms with Gasteiger partial charge in [-0.1, -0.05) is 6.92 Å². The first-order valence-corrected chi connectivity index (χ1v) is 7.31. The van der Waals surface area contributed by atoms with Crippen molar-refractivity contribution in [1.29, 1.82) is 0 Å². The second-order valence-corrected chi connectivity index (χ2v) is 5.92. The van der Waals surface area contributed by atoms with E-state index in [2.05, 4.69) is 22.2 Å². The highest BCUT2D eigenvalue weighted by Crippen LogP contribution is 2.23. The molecule has 0 aromatic carbocycles. The third-order valence-corrected chi connectivity index (χ3v) is 4.06. The number of rotatable bonds is 3. The molecule has 5 nitrogen and oxygen atoms in total. The zero-order valence-electron chi connectivity index (χ0n) is 12.5. The van der Waals surface area contributed by atoms with Gasteiger partial charge in [0.25, 0.3) is 5.56 Å². The second kappa shape index (κ2) is 6.20. The Morgan fingerprint density at radius 1 is 1.30 bits per heavy atom. The smallest absolute Gasteiger partial charge is 0.254 e. The Morgan fingerprint density at radius 2 is 1.95 bits per heavy atom. The Hall–Kier alpha value is -1.65. The Balaban J connectivity index is 1.97. The number of nitrogens with zero attached hydrogens (tertiary/aromatic N) is 1. The van der Waals surface area contributed by atoms with E-state index in [1.165, 1.54) is 0 Å². The van der Waals surface area contributed by atoms with Gasteiger partial charge in [0.15, 0.2) is 0 Å². The second-order valence-electron chi connectivity index (χ2n) is 5.92. The molecule has 1 aliphatic carbocycles. The maximum Gasteiger partial charge on any atom is 0.254 e. The molecule has 0 unspecified atom stereocenters. The molecule has 0 saturated heterocycles. The fourth-order valence-corrected chi connectivity index (χ4v) is 2.80. The van der Waals surface area contributed by atoms with E-state index in [4.69, 9.17) is 0 Å². The molecule has 1 fully saturated rings.